The number of nitrogen functional groups attached to an aromatic ring is 1. The van der Waals surface area contributed by atoms with Crippen molar-refractivity contribution in [2.24, 2.45) is 0 Å². The summed E-state index contributed by atoms with van der Waals surface area (Å²) < 4.78 is 46.8. The molecule has 6 rings (SSSR count). The number of carbonyl (C=O) groups is 2. The van der Waals surface area contributed by atoms with Gasteiger partial charge in [0.05, 0.1) is 35.7 Å². The predicted octanol–water partition coefficient (Wildman–Crippen LogP) is 5.38. The van der Waals surface area contributed by atoms with Crippen molar-refractivity contribution in [2.45, 2.75) is 50.4 Å². The number of rotatable bonds is 3. The topological polar surface area (TPSA) is 137 Å². The predicted molar refractivity (Wildman–Crippen MR) is 158 cm³/mol. The number of nitrogens with one attached hydrogen (secondary N) is 2. The largest absolute Gasteiger partial charge is 0.416 e. The highest BCUT2D eigenvalue weighted by Gasteiger charge is 2.32. The van der Waals surface area contributed by atoms with E-state index in [1.165, 1.54) is 0 Å². The summed E-state index contributed by atoms with van der Waals surface area (Å²) in [6.45, 7) is 0.854. The summed E-state index contributed by atoms with van der Waals surface area (Å²) in [5.74, 6) is -0.542. The molecule has 1 aromatic carbocycles. The number of hydrogen-bond donors (Lipinski definition) is 3. The minimum atomic E-state index is -4.56. The van der Waals surface area contributed by atoms with Crippen molar-refractivity contribution in [1.82, 2.24) is 25.1 Å². The monoisotopic (exact) mass is 605 g/mol. The summed E-state index contributed by atoms with van der Waals surface area (Å²) in [6, 6.07) is 8.20. The maximum Gasteiger partial charge on any atom is 0.416 e. The van der Waals surface area contributed by atoms with Gasteiger partial charge in [0.15, 0.2) is 0 Å². The van der Waals surface area contributed by atoms with Crippen molar-refractivity contribution in [1.29, 1.82) is 0 Å². The number of nitrogens with zero attached hydrogens (tertiary/aromatic N) is 4. The number of pyridine rings is 2. The lowest BCUT2D eigenvalue weighted by Gasteiger charge is -2.15. The van der Waals surface area contributed by atoms with E-state index in [1.54, 1.807) is 30.5 Å². The number of amides is 2. The molecule has 2 amide bonds. The first-order valence-corrected chi connectivity index (χ1v) is 14.3. The third-order valence-corrected chi connectivity index (χ3v) is 7.85. The Balaban J connectivity index is 1.34. The molecule has 3 aromatic heterocycles. The lowest BCUT2D eigenvalue weighted by atomic mass is 10.0. The van der Waals surface area contributed by atoms with Gasteiger partial charge in [0.2, 0.25) is 5.91 Å². The molecule has 1 aliphatic heterocycles. The fraction of sp³-hybridized carbons (Fsp3) is 0.323. The first kappa shape index (κ1) is 29.3. The smallest absolute Gasteiger partial charge is 0.383 e. The second-order valence-corrected chi connectivity index (χ2v) is 10.9. The molecule has 2 atom stereocenters. The Labute approximate surface area is 250 Å². The van der Waals surface area contributed by atoms with E-state index in [-0.39, 0.29) is 29.4 Å². The number of anilines is 2. The van der Waals surface area contributed by atoms with Crippen LogP contribution in [0.15, 0.2) is 54.9 Å². The second-order valence-electron chi connectivity index (χ2n) is 10.9. The van der Waals surface area contributed by atoms with E-state index < -0.39 is 17.6 Å². The zero-order valence-electron chi connectivity index (χ0n) is 23.6. The van der Waals surface area contributed by atoms with Crippen LogP contribution >= 0.6 is 0 Å². The molecule has 1 aliphatic carbocycles. The van der Waals surface area contributed by atoms with E-state index >= 15 is 0 Å². The van der Waals surface area contributed by atoms with E-state index in [1.807, 2.05) is 16.8 Å². The minimum absolute atomic E-state index is 0.0110. The van der Waals surface area contributed by atoms with Gasteiger partial charge in [-0.25, -0.2) is 9.97 Å². The molecule has 0 saturated heterocycles. The fourth-order valence-electron chi connectivity index (χ4n) is 5.69. The average molecular weight is 606 g/mol. The second kappa shape index (κ2) is 12.1. The highest BCUT2D eigenvalue weighted by Crippen LogP contribution is 2.39. The van der Waals surface area contributed by atoms with Gasteiger partial charge < -0.3 is 21.1 Å². The molecule has 1 saturated carbocycles. The number of ether oxygens (including phenoxy) is 1. The van der Waals surface area contributed by atoms with Crippen LogP contribution in [0.1, 0.15) is 59.6 Å². The Hall–Kier alpha value is -4.78. The molecule has 0 radical (unpaired) electrons. The number of fused-ring (bicyclic) bond motifs is 3. The zero-order valence-corrected chi connectivity index (χ0v) is 23.6. The molecule has 0 spiro atoms. The van der Waals surface area contributed by atoms with Crippen molar-refractivity contribution >= 4 is 40.4 Å². The van der Waals surface area contributed by atoms with Gasteiger partial charge in [-0.2, -0.15) is 18.3 Å². The van der Waals surface area contributed by atoms with Crippen LogP contribution in [0.4, 0.5) is 24.8 Å². The molecule has 1 fully saturated rings. The normalized spacial score (nSPS) is 19.3. The summed E-state index contributed by atoms with van der Waals surface area (Å²) in [5.41, 5.74) is 8.71. The standard InChI is InChI=1S/C31H30F3N7O3/c32-31(33,34)21-10-12-36-24(15-21)39-30(43)19-6-4-18(5-7-19)27-26-28-20(17-37-29(26)35)3-1-2-13-44-14-11-25(42)38-22-8-9-23(16-22)41(28)40-27/h1,3-7,10,12,15,17,22-23H,2,8-9,11,13-14,16H2,(H2,35,37)(H,38,42)(H,36,39,43)/t22-,23-/m1/s1. The number of benzene rings is 1. The highest BCUT2D eigenvalue weighted by atomic mass is 19.4. The van der Waals surface area contributed by atoms with Crippen molar-refractivity contribution in [2.75, 3.05) is 24.3 Å². The molecule has 44 heavy (non-hydrogen) atoms. The number of hydrogen-bond acceptors (Lipinski definition) is 7. The Bertz CT molecular complexity index is 1730. The van der Waals surface area contributed by atoms with E-state index in [4.69, 9.17) is 15.6 Å². The first-order chi connectivity index (χ1) is 21.2. The number of alkyl halides is 3. The average Bonchev–Trinajstić information content (AvgIpc) is 3.62. The number of halogens is 3. The van der Waals surface area contributed by atoms with Crippen LogP contribution < -0.4 is 16.4 Å². The summed E-state index contributed by atoms with van der Waals surface area (Å²) in [5, 5.41) is 11.2. The molecule has 10 nitrogen and oxygen atoms in total. The van der Waals surface area contributed by atoms with Gasteiger partial charge in [0.1, 0.15) is 17.3 Å². The molecule has 0 unspecified atom stereocenters. The van der Waals surface area contributed by atoms with Gasteiger partial charge in [0.25, 0.3) is 5.91 Å². The van der Waals surface area contributed by atoms with E-state index in [9.17, 15) is 22.8 Å². The lowest BCUT2D eigenvalue weighted by molar-refractivity contribution is -0.137. The Morgan fingerprint density at radius 2 is 1.93 bits per heavy atom. The third kappa shape index (κ3) is 6.13. The lowest BCUT2D eigenvalue weighted by Crippen LogP contribution is -2.33. The third-order valence-electron chi connectivity index (χ3n) is 7.85. The maximum atomic E-state index is 13.1. The van der Waals surface area contributed by atoms with Crippen LogP contribution in [-0.2, 0) is 15.7 Å². The van der Waals surface area contributed by atoms with Crippen LogP contribution in [0.25, 0.3) is 28.2 Å². The van der Waals surface area contributed by atoms with Crippen LogP contribution in [0.2, 0.25) is 0 Å². The fourth-order valence-corrected chi connectivity index (χ4v) is 5.69. The SMILES string of the molecule is Nc1ncc2c3c1c(-c1ccc(C(=O)Nc4cc(C(F)(F)F)ccn4)cc1)nn3[C@@H]1CC[C@H](C1)NC(=O)CCOCCC=C2. The zero-order chi connectivity index (χ0) is 30.8. The minimum Gasteiger partial charge on any atom is -0.383 e. The van der Waals surface area contributed by atoms with Gasteiger partial charge >= 0.3 is 6.18 Å². The molecule has 4 heterocycles. The molecular formula is C31H30F3N7O3. The van der Waals surface area contributed by atoms with E-state index in [0.717, 1.165) is 42.3 Å². The van der Waals surface area contributed by atoms with Crippen molar-refractivity contribution in [3.63, 3.8) is 0 Å². The van der Waals surface area contributed by atoms with Crippen molar-refractivity contribution in [3.05, 3.63) is 71.6 Å². The van der Waals surface area contributed by atoms with Crippen LogP contribution in [-0.4, -0.2) is 50.8 Å². The van der Waals surface area contributed by atoms with Gasteiger partial charge in [0, 0.05) is 41.5 Å². The summed E-state index contributed by atoms with van der Waals surface area (Å²) >= 11 is 0. The molecule has 4 aromatic rings. The maximum absolute atomic E-state index is 13.1. The molecule has 228 valence electrons. The first-order valence-electron chi connectivity index (χ1n) is 14.3. The van der Waals surface area contributed by atoms with Gasteiger partial charge in [-0.3, -0.25) is 14.3 Å². The summed E-state index contributed by atoms with van der Waals surface area (Å²) in [4.78, 5) is 33.6. The quantitative estimate of drug-likeness (QED) is 0.285. The molecule has 2 bridgehead atoms. The van der Waals surface area contributed by atoms with E-state index in [2.05, 4.69) is 20.6 Å². The number of aromatic nitrogens is 4. The Kier molecular flexibility index (Phi) is 8.04. The molecule has 13 heteroatoms. The van der Waals surface area contributed by atoms with Crippen LogP contribution in [0, 0.1) is 0 Å². The summed E-state index contributed by atoms with van der Waals surface area (Å²) in [6.07, 6.45) is 5.42. The molecule has 2 aliphatic rings. The number of nitrogens with two attached hydrogens (primary N) is 1. The van der Waals surface area contributed by atoms with Crippen molar-refractivity contribution < 1.29 is 27.5 Å². The van der Waals surface area contributed by atoms with Gasteiger partial charge in [-0.1, -0.05) is 24.3 Å². The van der Waals surface area contributed by atoms with Crippen molar-refractivity contribution in [3.8, 4) is 11.3 Å². The van der Waals surface area contributed by atoms with Crippen LogP contribution in [0.5, 0.6) is 0 Å². The highest BCUT2D eigenvalue weighted by molar-refractivity contribution is 6.06. The Morgan fingerprint density at radius 3 is 2.73 bits per heavy atom. The van der Waals surface area contributed by atoms with Crippen LogP contribution in [0.3, 0.4) is 0 Å². The van der Waals surface area contributed by atoms with E-state index in [0.29, 0.717) is 54.9 Å². The Morgan fingerprint density at radius 1 is 1.11 bits per heavy atom. The van der Waals surface area contributed by atoms with Gasteiger partial charge in [-0.05, 0) is 49.9 Å². The summed E-state index contributed by atoms with van der Waals surface area (Å²) in [7, 11) is 0. The van der Waals surface area contributed by atoms with Gasteiger partial charge in [-0.15, -0.1) is 0 Å². The molecule has 4 N–H and O–H groups in total. The molecular weight excluding hydrogens is 575 g/mol. The number of carbonyl (C=O) groups excluding carboxylic acids is 2.